The Bertz CT molecular complexity index is 1270. The lowest BCUT2D eigenvalue weighted by atomic mass is 9.90. The van der Waals surface area contributed by atoms with Crippen molar-refractivity contribution in [2.75, 3.05) is 32.6 Å². The van der Waals surface area contributed by atoms with Crippen molar-refractivity contribution in [1.29, 1.82) is 0 Å². The van der Waals surface area contributed by atoms with E-state index < -0.39 is 5.60 Å². The maximum atomic E-state index is 13.6. The van der Waals surface area contributed by atoms with Gasteiger partial charge in [-0.3, -0.25) is 4.79 Å². The number of aromatic nitrogens is 2. The van der Waals surface area contributed by atoms with Gasteiger partial charge in [-0.15, -0.1) is 0 Å². The molecule has 1 fully saturated rings. The van der Waals surface area contributed by atoms with Crippen LogP contribution in [0.15, 0.2) is 48.7 Å². The number of likely N-dealkylation sites (tertiary alicyclic amines) is 1. The van der Waals surface area contributed by atoms with E-state index in [1.54, 1.807) is 60.3 Å². The van der Waals surface area contributed by atoms with Gasteiger partial charge < -0.3 is 24.4 Å². The van der Waals surface area contributed by atoms with Crippen LogP contribution in [0.4, 0.5) is 10.5 Å². The standard InChI is InChI=1S/C28H33ClN4O5/c1-28(2,3)38-27(35)32-12-10-18(11-13-32)25-24(17-30-33(25)21-8-6-19(29)7-9-21)26(34)31-20-14-22(36-4)16-23(15-20)37-5/h6-9,14-18H,10-13H2,1-5H3,(H,31,34). The van der Waals surface area contributed by atoms with Crippen LogP contribution in [-0.4, -0.2) is 59.6 Å². The van der Waals surface area contributed by atoms with Crippen molar-refractivity contribution >= 4 is 29.3 Å². The zero-order valence-corrected chi connectivity index (χ0v) is 23.0. The van der Waals surface area contributed by atoms with E-state index in [2.05, 4.69) is 10.4 Å². The monoisotopic (exact) mass is 540 g/mol. The molecule has 0 bridgehead atoms. The van der Waals surface area contributed by atoms with Crippen molar-refractivity contribution in [1.82, 2.24) is 14.7 Å². The molecule has 10 heteroatoms. The molecule has 1 aliphatic heterocycles. The Morgan fingerprint density at radius 2 is 1.61 bits per heavy atom. The number of nitrogens with zero attached hydrogens (tertiary/aromatic N) is 3. The van der Waals surface area contributed by atoms with Crippen molar-refractivity contribution < 1.29 is 23.8 Å². The molecule has 2 heterocycles. The molecule has 0 saturated carbocycles. The van der Waals surface area contributed by atoms with Crippen LogP contribution in [0.1, 0.15) is 55.6 Å². The quantitative estimate of drug-likeness (QED) is 0.417. The summed E-state index contributed by atoms with van der Waals surface area (Å²) in [6.45, 7) is 6.58. The first-order chi connectivity index (χ1) is 18.1. The van der Waals surface area contributed by atoms with Gasteiger partial charge in [-0.2, -0.15) is 5.10 Å². The maximum Gasteiger partial charge on any atom is 0.410 e. The predicted octanol–water partition coefficient (Wildman–Crippen LogP) is 5.91. The van der Waals surface area contributed by atoms with E-state index in [1.165, 1.54) is 0 Å². The number of hydrogen-bond acceptors (Lipinski definition) is 6. The van der Waals surface area contributed by atoms with Gasteiger partial charge in [0.1, 0.15) is 17.1 Å². The molecule has 9 nitrogen and oxygen atoms in total. The zero-order valence-electron chi connectivity index (χ0n) is 22.3. The first kappa shape index (κ1) is 27.3. The summed E-state index contributed by atoms with van der Waals surface area (Å²) in [5, 5.41) is 8.15. The smallest absolute Gasteiger partial charge is 0.410 e. The Balaban J connectivity index is 1.63. The lowest BCUT2D eigenvalue weighted by molar-refractivity contribution is 0.0203. The fraction of sp³-hybridized carbons (Fsp3) is 0.393. The van der Waals surface area contributed by atoms with E-state index in [1.807, 2.05) is 32.9 Å². The molecular weight excluding hydrogens is 508 g/mol. The van der Waals surface area contributed by atoms with Gasteiger partial charge in [-0.1, -0.05) is 11.6 Å². The Hall–Kier alpha value is -3.72. The van der Waals surface area contributed by atoms with Crippen LogP contribution in [0.5, 0.6) is 11.5 Å². The van der Waals surface area contributed by atoms with Gasteiger partial charge in [-0.25, -0.2) is 9.48 Å². The topological polar surface area (TPSA) is 94.9 Å². The lowest BCUT2D eigenvalue weighted by Gasteiger charge is -2.34. The van der Waals surface area contributed by atoms with Crippen molar-refractivity contribution in [3.05, 3.63) is 64.9 Å². The van der Waals surface area contributed by atoms with Crippen LogP contribution >= 0.6 is 11.6 Å². The molecule has 0 spiro atoms. The summed E-state index contributed by atoms with van der Waals surface area (Å²) in [6, 6.07) is 12.5. The molecular formula is C28H33ClN4O5. The van der Waals surface area contributed by atoms with Gasteiger partial charge in [0.25, 0.3) is 5.91 Å². The SMILES string of the molecule is COc1cc(NC(=O)c2cnn(-c3ccc(Cl)cc3)c2C2CCN(C(=O)OC(C)(C)C)CC2)cc(OC)c1. The highest BCUT2D eigenvalue weighted by molar-refractivity contribution is 6.30. The molecule has 0 atom stereocenters. The molecule has 2 amide bonds. The number of anilines is 1. The van der Waals surface area contributed by atoms with Gasteiger partial charge in [-0.05, 0) is 57.9 Å². The number of carbonyl (C=O) groups is 2. The predicted molar refractivity (Wildman–Crippen MR) is 146 cm³/mol. The summed E-state index contributed by atoms with van der Waals surface area (Å²) in [4.78, 5) is 27.9. The lowest BCUT2D eigenvalue weighted by Crippen LogP contribution is -2.41. The van der Waals surface area contributed by atoms with Crippen LogP contribution in [0, 0.1) is 0 Å². The van der Waals surface area contributed by atoms with Crippen LogP contribution in [-0.2, 0) is 4.74 Å². The summed E-state index contributed by atoms with van der Waals surface area (Å²) in [6.07, 6.45) is 2.57. The second-order valence-electron chi connectivity index (χ2n) is 10.1. The third kappa shape index (κ3) is 6.39. The first-order valence-electron chi connectivity index (χ1n) is 12.4. The summed E-state index contributed by atoms with van der Waals surface area (Å²) >= 11 is 6.11. The number of piperidine rings is 1. The highest BCUT2D eigenvalue weighted by Crippen LogP contribution is 2.34. The fourth-order valence-electron chi connectivity index (χ4n) is 4.45. The second-order valence-corrected chi connectivity index (χ2v) is 10.6. The normalized spacial score (nSPS) is 14.2. The molecule has 1 saturated heterocycles. The summed E-state index contributed by atoms with van der Waals surface area (Å²) in [7, 11) is 3.11. The molecule has 0 unspecified atom stereocenters. The third-order valence-electron chi connectivity index (χ3n) is 6.26. The molecule has 0 radical (unpaired) electrons. The average Bonchev–Trinajstić information content (AvgIpc) is 3.33. The number of hydrogen-bond donors (Lipinski definition) is 1. The number of nitrogens with one attached hydrogen (secondary N) is 1. The minimum absolute atomic E-state index is 0.00698. The van der Waals surface area contributed by atoms with E-state index in [0.717, 1.165) is 11.4 Å². The Kier molecular flexibility index (Phi) is 8.16. The number of halogens is 1. The number of ether oxygens (including phenoxy) is 3. The second kappa shape index (κ2) is 11.3. The molecule has 4 rings (SSSR count). The van der Waals surface area contributed by atoms with Crippen molar-refractivity contribution in [3.63, 3.8) is 0 Å². The van der Waals surface area contributed by atoms with E-state index in [9.17, 15) is 9.59 Å². The first-order valence-corrected chi connectivity index (χ1v) is 12.8. The number of carbonyl (C=O) groups excluding carboxylic acids is 2. The molecule has 38 heavy (non-hydrogen) atoms. The van der Waals surface area contributed by atoms with Gasteiger partial charge >= 0.3 is 6.09 Å². The van der Waals surface area contributed by atoms with E-state index >= 15 is 0 Å². The van der Waals surface area contributed by atoms with Crippen LogP contribution in [0.25, 0.3) is 5.69 Å². The minimum atomic E-state index is -0.560. The summed E-state index contributed by atoms with van der Waals surface area (Å²) < 4.78 is 18.0. The van der Waals surface area contributed by atoms with Gasteiger partial charge in [0, 0.05) is 47.9 Å². The Labute approximate surface area is 227 Å². The molecule has 202 valence electrons. The summed E-state index contributed by atoms with van der Waals surface area (Å²) in [5.41, 5.74) is 2.01. The van der Waals surface area contributed by atoms with E-state index in [-0.39, 0.29) is 17.9 Å². The fourth-order valence-corrected chi connectivity index (χ4v) is 4.58. The van der Waals surface area contributed by atoms with Crippen molar-refractivity contribution in [2.45, 2.75) is 45.1 Å². The minimum Gasteiger partial charge on any atom is -0.497 e. The van der Waals surface area contributed by atoms with Gasteiger partial charge in [0.15, 0.2) is 0 Å². The van der Waals surface area contributed by atoms with Gasteiger partial charge in [0.2, 0.25) is 0 Å². The number of amides is 2. The Morgan fingerprint density at radius 3 is 2.16 bits per heavy atom. The molecule has 2 aromatic carbocycles. The van der Waals surface area contributed by atoms with Gasteiger partial charge in [0.05, 0.1) is 37.4 Å². The van der Waals surface area contributed by atoms with Crippen molar-refractivity contribution in [2.24, 2.45) is 0 Å². The zero-order chi connectivity index (χ0) is 27.4. The highest BCUT2D eigenvalue weighted by atomic mass is 35.5. The molecule has 1 N–H and O–H groups in total. The average molecular weight is 541 g/mol. The maximum absolute atomic E-state index is 13.6. The molecule has 1 aromatic heterocycles. The van der Waals surface area contributed by atoms with Crippen LogP contribution < -0.4 is 14.8 Å². The van der Waals surface area contributed by atoms with E-state index in [4.69, 9.17) is 25.8 Å². The number of rotatable bonds is 6. The van der Waals surface area contributed by atoms with Crippen LogP contribution in [0.3, 0.4) is 0 Å². The molecule has 1 aliphatic rings. The largest absolute Gasteiger partial charge is 0.497 e. The number of methoxy groups -OCH3 is 2. The highest BCUT2D eigenvalue weighted by Gasteiger charge is 2.32. The Morgan fingerprint density at radius 1 is 1.00 bits per heavy atom. The third-order valence-corrected chi connectivity index (χ3v) is 6.52. The molecule has 0 aliphatic carbocycles. The van der Waals surface area contributed by atoms with Crippen LogP contribution in [0.2, 0.25) is 5.02 Å². The van der Waals surface area contributed by atoms with E-state index in [0.29, 0.717) is 53.7 Å². The molecule has 3 aromatic rings. The number of benzene rings is 2. The summed E-state index contributed by atoms with van der Waals surface area (Å²) in [5.74, 6) is 0.815. The van der Waals surface area contributed by atoms with Crippen molar-refractivity contribution in [3.8, 4) is 17.2 Å².